The molecule has 16 heavy (non-hydrogen) atoms. The number of hydrogen-bond acceptors (Lipinski definition) is 4. The Balaban J connectivity index is 2.35. The molecule has 0 N–H and O–H groups in total. The molecule has 1 atom stereocenters. The van der Waals surface area contributed by atoms with Crippen LogP contribution in [0.2, 0.25) is 0 Å². The normalized spacial score (nSPS) is 12.4. The Labute approximate surface area is 106 Å². The van der Waals surface area contributed by atoms with Crippen LogP contribution in [-0.4, -0.2) is 11.4 Å². The third-order valence-corrected chi connectivity index (χ3v) is 3.36. The van der Waals surface area contributed by atoms with Crippen molar-refractivity contribution in [1.82, 2.24) is 5.16 Å². The van der Waals surface area contributed by atoms with Crippen molar-refractivity contribution in [1.29, 1.82) is 0 Å². The lowest BCUT2D eigenvalue weighted by atomic mass is 10.1. The fraction of sp³-hybridized carbons (Fsp3) is 0.0909. The van der Waals surface area contributed by atoms with Gasteiger partial charge in [-0.3, -0.25) is 4.79 Å². The van der Waals surface area contributed by atoms with Crippen molar-refractivity contribution in [3.05, 3.63) is 51.8 Å². The van der Waals surface area contributed by atoms with Crippen molar-refractivity contribution in [2.45, 2.75) is 5.25 Å². The lowest BCUT2D eigenvalue weighted by Gasteiger charge is -2.08. The molecule has 0 spiro atoms. The molecule has 2 aromatic rings. The van der Waals surface area contributed by atoms with E-state index < -0.39 is 0 Å². The molecule has 1 aromatic carbocycles. The van der Waals surface area contributed by atoms with Gasteiger partial charge in [-0.05, 0) is 11.6 Å². The molecule has 0 saturated carbocycles. The maximum atomic E-state index is 10.4. The molecule has 0 amide bonds. The summed E-state index contributed by atoms with van der Waals surface area (Å²) in [5.41, 5.74) is 1.11. The molecule has 81 valence electrons. The minimum atomic E-state index is -0.259. The van der Waals surface area contributed by atoms with Gasteiger partial charge < -0.3 is 4.52 Å². The van der Waals surface area contributed by atoms with Crippen LogP contribution in [0, 0.1) is 0 Å². The summed E-state index contributed by atoms with van der Waals surface area (Å²) in [6, 6.07) is 9.20. The van der Waals surface area contributed by atoms with Crippen LogP contribution in [0.5, 0.6) is 0 Å². The molecule has 2 rings (SSSR count). The maximum absolute atomic E-state index is 10.4. The molecule has 1 heterocycles. The van der Waals surface area contributed by atoms with Gasteiger partial charge >= 0.3 is 0 Å². The van der Waals surface area contributed by atoms with Crippen molar-refractivity contribution in [3.63, 3.8) is 0 Å². The summed E-state index contributed by atoms with van der Waals surface area (Å²) >= 11 is 7.87. The zero-order valence-corrected chi connectivity index (χ0v) is 10.5. The Bertz CT molecular complexity index is 512. The van der Waals surface area contributed by atoms with Crippen LogP contribution in [0.1, 0.15) is 22.3 Å². The Morgan fingerprint density at radius 1 is 1.44 bits per heavy atom. The molecular formula is C11H7BrNO2S. The van der Waals surface area contributed by atoms with E-state index in [0.717, 1.165) is 10.0 Å². The zero-order chi connectivity index (χ0) is 11.5. The first kappa shape index (κ1) is 11.4. The van der Waals surface area contributed by atoms with Gasteiger partial charge in [0.1, 0.15) is 0 Å². The minimum absolute atomic E-state index is 0.154. The average molecular weight is 297 g/mol. The quantitative estimate of drug-likeness (QED) is 0.886. The average Bonchev–Trinajstić information content (AvgIpc) is 2.77. The van der Waals surface area contributed by atoms with Crippen molar-refractivity contribution >= 4 is 34.8 Å². The van der Waals surface area contributed by atoms with Crippen molar-refractivity contribution < 1.29 is 9.32 Å². The van der Waals surface area contributed by atoms with Gasteiger partial charge in [0.15, 0.2) is 11.5 Å². The first-order chi connectivity index (χ1) is 7.72. The van der Waals surface area contributed by atoms with Gasteiger partial charge in [-0.2, -0.15) is 12.6 Å². The number of rotatable bonds is 3. The van der Waals surface area contributed by atoms with Gasteiger partial charge in [0.25, 0.3) is 6.29 Å². The molecule has 0 saturated heterocycles. The molecule has 1 radical (unpaired) electrons. The smallest absolute Gasteiger partial charge is 0.257 e. The molecule has 0 aliphatic carbocycles. The molecular weight excluding hydrogens is 290 g/mol. The highest BCUT2D eigenvalue weighted by Gasteiger charge is 2.17. The number of hydrogen-bond donors (Lipinski definition) is 1. The second kappa shape index (κ2) is 4.84. The minimum Gasteiger partial charge on any atom is -0.359 e. The summed E-state index contributed by atoms with van der Waals surface area (Å²) in [6.45, 7) is 0. The summed E-state index contributed by atoms with van der Waals surface area (Å²) in [5.74, 6) is 0.522. The van der Waals surface area contributed by atoms with Crippen LogP contribution >= 0.6 is 28.6 Å². The van der Waals surface area contributed by atoms with Crippen LogP contribution in [0.3, 0.4) is 0 Å². The Morgan fingerprint density at radius 3 is 2.81 bits per heavy atom. The monoisotopic (exact) mass is 296 g/mol. The highest BCUT2D eigenvalue weighted by atomic mass is 79.9. The number of thiol groups is 1. The number of carbonyl (C=O) groups excluding carboxylic acids is 1. The first-order valence-electron chi connectivity index (χ1n) is 4.49. The number of aromatic nitrogens is 1. The maximum Gasteiger partial charge on any atom is 0.257 e. The van der Waals surface area contributed by atoms with Crippen LogP contribution in [0.4, 0.5) is 0 Å². The van der Waals surface area contributed by atoms with Gasteiger partial charge in [-0.25, -0.2) is 0 Å². The number of halogens is 1. The van der Waals surface area contributed by atoms with Crippen LogP contribution in [0.25, 0.3) is 0 Å². The summed E-state index contributed by atoms with van der Waals surface area (Å²) in [7, 11) is 0. The molecule has 0 fully saturated rings. The lowest BCUT2D eigenvalue weighted by molar-refractivity contribution is 0.386. The molecule has 5 heteroatoms. The lowest BCUT2D eigenvalue weighted by Crippen LogP contribution is -1.92. The van der Waals surface area contributed by atoms with Gasteiger partial charge in [0.05, 0.1) is 5.25 Å². The fourth-order valence-corrected chi connectivity index (χ4v) is 2.35. The standard InChI is InChI=1S/C11H7BrNO2S/c12-9-4-2-1-3-8(9)11(16)10-5-7(6-14)13-15-10/h1-5,11,16H. The van der Waals surface area contributed by atoms with Crippen LogP contribution in [-0.2, 0) is 4.79 Å². The third-order valence-electron chi connectivity index (χ3n) is 2.10. The van der Waals surface area contributed by atoms with Crippen molar-refractivity contribution in [2.24, 2.45) is 0 Å². The topological polar surface area (TPSA) is 43.1 Å². The highest BCUT2D eigenvalue weighted by Crippen LogP contribution is 2.33. The van der Waals surface area contributed by atoms with E-state index in [2.05, 4.69) is 33.7 Å². The summed E-state index contributed by atoms with van der Waals surface area (Å²) in [5, 5.41) is 3.29. The van der Waals surface area contributed by atoms with E-state index in [1.54, 1.807) is 6.29 Å². The largest absolute Gasteiger partial charge is 0.359 e. The second-order valence-corrected chi connectivity index (χ2v) is 4.51. The van der Waals surface area contributed by atoms with E-state index in [-0.39, 0.29) is 10.9 Å². The van der Waals surface area contributed by atoms with Crippen molar-refractivity contribution in [3.8, 4) is 0 Å². The summed E-state index contributed by atoms with van der Waals surface area (Å²) in [4.78, 5) is 10.4. The van der Waals surface area contributed by atoms with Gasteiger partial charge in [0.2, 0.25) is 0 Å². The SMILES string of the molecule is O=[C]c1cc(C(S)c2ccccc2Br)on1. The van der Waals surface area contributed by atoms with Crippen LogP contribution < -0.4 is 0 Å². The number of benzene rings is 1. The predicted octanol–water partition coefficient (Wildman–Crippen LogP) is 2.91. The predicted molar refractivity (Wildman–Crippen MR) is 66.3 cm³/mol. The fourth-order valence-electron chi connectivity index (χ4n) is 1.32. The molecule has 3 nitrogen and oxygen atoms in total. The van der Waals surface area contributed by atoms with Crippen LogP contribution in [0.15, 0.2) is 39.3 Å². The first-order valence-corrected chi connectivity index (χ1v) is 5.80. The molecule has 0 bridgehead atoms. The highest BCUT2D eigenvalue weighted by molar-refractivity contribution is 9.10. The Morgan fingerprint density at radius 2 is 2.19 bits per heavy atom. The summed E-state index contributed by atoms with van der Waals surface area (Å²) in [6.07, 6.45) is 1.67. The Kier molecular flexibility index (Phi) is 3.46. The second-order valence-electron chi connectivity index (χ2n) is 3.14. The van der Waals surface area contributed by atoms with E-state index in [9.17, 15) is 4.79 Å². The van der Waals surface area contributed by atoms with Gasteiger partial charge in [0, 0.05) is 10.5 Å². The van der Waals surface area contributed by atoms with E-state index in [4.69, 9.17) is 4.52 Å². The number of nitrogens with zero attached hydrogens (tertiary/aromatic N) is 1. The molecule has 0 aliphatic rings. The van der Waals surface area contributed by atoms with Gasteiger partial charge in [-0.15, -0.1) is 0 Å². The van der Waals surface area contributed by atoms with E-state index in [0.29, 0.717) is 5.76 Å². The summed E-state index contributed by atoms with van der Waals surface area (Å²) < 4.78 is 5.95. The molecule has 1 aromatic heterocycles. The zero-order valence-electron chi connectivity index (χ0n) is 8.05. The third kappa shape index (κ3) is 2.20. The van der Waals surface area contributed by atoms with E-state index >= 15 is 0 Å². The molecule has 1 unspecified atom stereocenters. The van der Waals surface area contributed by atoms with E-state index in [1.165, 1.54) is 6.07 Å². The van der Waals surface area contributed by atoms with Crippen molar-refractivity contribution in [2.75, 3.05) is 0 Å². The molecule has 0 aliphatic heterocycles. The van der Waals surface area contributed by atoms with E-state index in [1.807, 2.05) is 24.3 Å². The van der Waals surface area contributed by atoms with Gasteiger partial charge in [-0.1, -0.05) is 39.3 Å². The Hall–Kier alpha value is -1.07.